The maximum absolute atomic E-state index is 12.7. The number of amides is 1. The number of nitrogen functional groups attached to an aromatic ring is 1. The van der Waals surface area contributed by atoms with Crippen LogP contribution in [0.15, 0.2) is 24.3 Å². The first-order valence-corrected chi connectivity index (χ1v) is 13.4. The summed E-state index contributed by atoms with van der Waals surface area (Å²) in [6, 6.07) is 9.01. The van der Waals surface area contributed by atoms with Gasteiger partial charge in [-0.1, -0.05) is 37.6 Å². The van der Waals surface area contributed by atoms with Crippen molar-refractivity contribution in [1.29, 1.82) is 0 Å². The molecule has 3 heterocycles. The van der Waals surface area contributed by atoms with Crippen LogP contribution in [0.1, 0.15) is 61.5 Å². The summed E-state index contributed by atoms with van der Waals surface area (Å²) in [5.41, 5.74) is 9.57. The first kappa shape index (κ1) is 28.4. The summed E-state index contributed by atoms with van der Waals surface area (Å²) in [5.74, 6) is 1.84. The van der Waals surface area contributed by atoms with Crippen LogP contribution in [0, 0.1) is 6.92 Å². The minimum absolute atomic E-state index is 0.0772. The number of carbonyl (C=O) groups excluding carboxylic acids is 3. The molecule has 0 atom stereocenters. The highest BCUT2D eigenvalue weighted by Crippen LogP contribution is 2.30. The van der Waals surface area contributed by atoms with Gasteiger partial charge in [-0.3, -0.25) is 14.6 Å². The number of likely N-dealkylation sites (tertiary alicyclic amines) is 1. The summed E-state index contributed by atoms with van der Waals surface area (Å²) < 4.78 is 0. The van der Waals surface area contributed by atoms with Crippen LogP contribution in [0.5, 0.6) is 0 Å². The number of aryl methyl sites for hydroxylation is 2. The van der Waals surface area contributed by atoms with Gasteiger partial charge in [-0.05, 0) is 76.3 Å². The Labute approximate surface area is 220 Å². The number of hydrogen-bond donors (Lipinski definition) is 1. The van der Waals surface area contributed by atoms with Crippen molar-refractivity contribution in [3.05, 3.63) is 46.8 Å². The van der Waals surface area contributed by atoms with Crippen molar-refractivity contribution < 1.29 is 14.4 Å². The Hall–Kier alpha value is -3.13. The molecule has 1 aromatic carbocycles. The number of aromatic nitrogens is 2. The zero-order valence-electron chi connectivity index (χ0n) is 22.2. The molecule has 0 unspecified atom stereocenters. The van der Waals surface area contributed by atoms with Gasteiger partial charge in [0.25, 0.3) is 0 Å². The van der Waals surface area contributed by atoms with Crippen LogP contribution in [-0.2, 0) is 33.8 Å². The Morgan fingerprint density at radius 1 is 0.973 bits per heavy atom. The van der Waals surface area contributed by atoms with Gasteiger partial charge in [0.2, 0.25) is 5.91 Å². The molecule has 0 radical (unpaired) electrons. The van der Waals surface area contributed by atoms with E-state index < -0.39 is 0 Å². The average Bonchev–Trinajstić information content (AvgIpc) is 3.21. The van der Waals surface area contributed by atoms with Gasteiger partial charge in [-0.25, -0.2) is 9.97 Å². The molecule has 0 spiro atoms. The molecule has 2 N–H and O–H groups in total. The van der Waals surface area contributed by atoms with Crippen molar-refractivity contribution >= 4 is 23.7 Å². The molecule has 2 aliphatic rings. The Balaban J connectivity index is 0.00000121. The summed E-state index contributed by atoms with van der Waals surface area (Å²) in [6.45, 7) is 11.3. The normalized spacial score (nSPS) is 15.3. The van der Waals surface area contributed by atoms with E-state index in [0.717, 1.165) is 38.0 Å². The first-order chi connectivity index (χ1) is 17.9. The summed E-state index contributed by atoms with van der Waals surface area (Å²) in [7, 11) is 0. The molecular formula is C28H40N6O3. The van der Waals surface area contributed by atoms with Gasteiger partial charge < -0.3 is 10.6 Å². The van der Waals surface area contributed by atoms with E-state index in [1.54, 1.807) is 0 Å². The standard InChI is InChI=1S/C27H40N6O.CO2/c1-3-22-9-11-23(12-10-22)20-32(16-7-15-31-13-5-4-6-14-31)17-8-18-33-25(34)19-24-26(28)29-21(2)30-27(24)33;2-1-3/h9-12H,3-8,13-20H2,1-2H3,(H2,28,29,30);. The lowest BCUT2D eigenvalue weighted by atomic mass is 10.1. The zero-order valence-corrected chi connectivity index (χ0v) is 22.2. The lowest BCUT2D eigenvalue weighted by molar-refractivity contribution is -0.191. The first-order valence-electron chi connectivity index (χ1n) is 13.4. The lowest BCUT2D eigenvalue weighted by Gasteiger charge is -2.28. The summed E-state index contributed by atoms with van der Waals surface area (Å²) in [5, 5.41) is 0. The van der Waals surface area contributed by atoms with Crippen molar-refractivity contribution in [2.24, 2.45) is 0 Å². The number of anilines is 2. The number of carbonyl (C=O) groups is 1. The van der Waals surface area contributed by atoms with Crippen LogP contribution >= 0.6 is 0 Å². The van der Waals surface area contributed by atoms with Gasteiger partial charge in [-0.15, -0.1) is 0 Å². The van der Waals surface area contributed by atoms with E-state index in [1.165, 1.54) is 56.4 Å². The van der Waals surface area contributed by atoms with Crippen molar-refractivity contribution in [2.75, 3.05) is 49.9 Å². The Kier molecular flexibility index (Phi) is 11.2. The monoisotopic (exact) mass is 508 g/mol. The van der Waals surface area contributed by atoms with Crippen LogP contribution in [0.2, 0.25) is 0 Å². The molecule has 9 heteroatoms. The molecule has 9 nitrogen and oxygen atoms in total. The maximum atomic E-state index is 12.7. The number of hydrogen-bond acceptors (Lipinski definition) is 8. The smallest absolute Gasteiger partial charge is 0.373 e. The van der Waals surface area contributed by atoms with Gasteiger partial charge in [0.05, 0.1) is 6.42 Å². The third kappa shape index (κ3) is 8.45. The molecule has 1 amide bonds. The largest absolute Gasteiger partial charge is 0.383 e. The third-order valence-corrected chi connectivity index (χ3v) is 7.10. The molecule has 0 aliphatic carbocycles. The summed E-state index contributed by atoms with van der Waals surface area (Å²) in [6.07, 6.45) is 7.78. The minimum Gasteiger partial charge on any atom is -0.383 e. The molecule has 2 aromatic rings. The number of nitrogens with zero attached hydrogens (tertiary/aromatic N) is 5. The van der Waals surface area contributed by atoms with Crippen molar-refractivity contribution in [3.8, 4) is 0 Å². The van der Waals surface area contributed by atoms with Gasteiger partial charge >= 0.3 is 6.15 Å². The highest BCUT2D eigenvalue weighted by atomic mass is 16.2. The molecule has 1 saturated heterocycles. The second-order valence-electron chi connectivity index (χ2n) is 9.82. The average molecular weight is 509 g/mol. The highest BCUT2D eigenvalue weighted by molar-refractivity contribution is 6.01. The van der Waals surface area contributed by atoms with Crippen molar-refractivity contribution in [1.82, 2.24) is 19.8 Å². The third-order valence-electron chi connectivity index (χ3n) is 7.10. The molecule has 37 heavy (non-hydrogen) atoms. The Morgan fingerprint density at radius 3 is 2.24 bits per heavy atom. The fourth-order valence-electron chi connectivity index (χ4n) is 5.15. The number of nitrogens with two attached hydrogens (primary N) is 1. The molecule has 0 bridgehead atoms. The van der Waals surface area contributed by atoms with E-state index in [9.17, 15) is 4.79 Å². The molecule has 1 fully saturated rings. The van der Waals surface area contributed by atoms with Crippen LogP contribution in [0.25, 0.3) is 0 Å². The molecule has 0 saturated carbocycles. The second-order valence-corrected chi connectivity index (χ2v) is 9.82. The predicted octanol–water partition coefficient (Wildman–Crippen LogP) is 3.00. The predicted molar refractivity (Wildman–Crippen MR) is 143 cm³/mol. The van der Waals surface area contributed by atoms with E-state index in [1.807, 2.05) is 11.8 Å². The van der Waals surface area contributed by atoms with E-state index >= 15 is 0 Å². The molecule has 2 aliphatic heterocycles. The molecule has 4 rings (SSSR count). The van der Waals surface area contributed by atoms with Crippen molar-refractivity contribution in [3.63, 3.8) is 0 Å². The number of piperidine rings is 1. The van der Waals surface area contributed by atoms with Gasteiger partial charge in [0.1, 0.15) is 17.5 Å². The summed E-state index contributed by atoms with van der Waals surface area (Å²) >= 11 is 0. The Morgan fingerprint density at radius 2 is 1.59 bits per heavy atom. The van der Waals surface area contributed by atoms with Gasteiger partial charge in [-0.2, -0.15) is 9.59 Å². The maximum Gasteiger partial charge on any atom is 0.373 e. The summed E-state index contributed by atoms with van der Waals surface area (Å²) in [4.78, 5) is 44.6. The quantitative estimate of drug-likeness (QED) is 0.493. The van der Waals surface area contributed by atoms with Gasteiger partial charge in [0.15, 0.2) is 0 Å². The topological polar surface area (TPSA) is 113 Å². The van der Waals surface area contributed by atoms with Gasteiger partial charge in [0, 0.05) is 25.2 Å². The zero-order chi connectivity index (χ0) is 26.6. The van der Waals surface area contributed by atoms with Crippen LogP contribution in [0.4, 0.5) is 11.6 Å². The van der Waals surface area contributed by atoms with Crippen LogP contribution in [0.3, 0.4) is 0 Å². The van der Waals surface area contributed by atoms with Crippen LogP contribution in [-0.4, -0.2) is 71.1 Å². The highest BCUT2D eigenvalue weighted by Gasteiger charge is 2.31. The fourth-order valence-corrected chi connectivity index (χ4v) is 5.15. The van der Waals surface area contributed by atoms with Crippen LogP contribution < -0.4 is 10.6 Å². The second kappa shape index (κ2) is 14.6. The number of fused-ring (bicyclic) bond motifs is 1. The lowest BCUT2D eigenvalue weighted by Crippen LogP contribution is -2.35. The Bertz CT molecular complexity index is 1050. The molecule has 200 valence electrons. The number of rotatable bonds is 11. The number of benzene rings is 1. The molecule has 1 aromatic heterocycles. The minimum atomic E-state index is 0.0772. The van der Waals surface area contributed by atoms with E-state index in [2.05, 4.69) is 51.0 Å². The van der Waals surface area contributed by atoms with E-state index in [0.29, 0.717) is 30.4 Å². The van der Waals surface area contributed by atoms with Crippen molar-refractivity contribution in [2.45, 2.75) is 65.3 Å². The molecular weight excluding hydrogens is 468 g/mol. The van der Waals surface area contributed by atoms with E-state index in [4.69, 9.17) is 15.3 Å². The SMILES string of the molecule is CCc1ccc(CN(CCCN2CCCCC2)CCCN2C(=O)Cc3c(N)nc(C)nc32)cc1.O=C=O. The fraction of sp³-hybridized carbons (Fsp3) is 0.571. The van der Waals surface area contributed by atoms with E-state index in [-0.39, 0.29) is 12.1 Å².